The molecule has 17 heavy (non-hydrogen) atoms. The standard InChI is InChI=1S/C12H15ClN2O.ClH/c1-12(6-7-14-8-12)11(16)15-10-5-3-2-4-9(10)13;/h2-5,14H,6-8H2,1H3,(H,15,16);1H. The van der Waals surface area contributed by atoms with Crippen molar-refractivity contribution in [3.05, 3.63) is 29.3 Å². The van der Waals surface area contributed by atoms with Crippen molar-refractivity contribution in [1.82, 2.24) is 5.32 Å². The maximum absolute atomic E-state index is 12.1. The fraction of sp³-hybridized carbons (Fsp3) is 0.417. The van der Waals surface area contributed by atoms with E-state index in [1.807, 2.05) is 25.1 Å². The number of amides is 1. The lowest BCUT2D eigenvalue weighted by molar-refractivity contribution is -0.123. The number of carbonyl (C=O) groups excluding carboxylic acids is 1. The second-order valence-electron chi connectivity index (χ2n) is 4.42. The van der Waals surface area contributed by atoms with Gasteiger partial charge in [-0.25, -0.2) is 0 Å². The summed E-state index contributed by atoms with van der Waals surface area (Å²) in [4.78, 5) is 12.1. The first-order valence-electron chi connectivity index (χ1n) is 5.38. The average Bonchev–Trinajstić information content (AvgIpc) is 2.70. The molecule has 1 atom stereocenters. The van der Waals surface area contributed by atoms with Gasteiger partial charge in [0.2, 0.25) is 5.91 Å². The molecule has 1 aliphatic rings. The third-order valence-electron chi connectivity index (χ3n) is 3.04. The highest BCUT2D eigenvalue weighted by atomic mass is 35.5. The summed E-state index contributed by atoms with van der Waals surface area (Å²) in [6.45, 7) is 3.59. The van der Waals surface area contributed by atoms with Crippen LogP contribution in [0.1, 0.15) is 13.3 Å². The summed E-state index contributed by atoms with van der Waals surface area (Å²) in [5, 5.41) is 6.66. The maximum atomic E-state index is 12.1. The number of para-hydroxylation sites is 1. The van der Waals surface area contributed by atoms with Gasteiger partial charge in [0.15, 0.2) is 0 Å². The molecule has 3 nitrogen and oxygen atoms in total. The Hall–Kier alpha value is -0.770. The summed E-state index contributed by atoms with van der Waals surface area (Å²) in [6.07, 6.45) is 0.864. The van der Waals surface area contributed by atoms with Gasteiger partial charge in [0.1, 0.15) is 0 Å². The van der Waals surface area contributed by atoms with Crippen LogP contribution >= 0.6 is 24.0 Å². The van der Waals surface area contributed by atoms with Crippen LogP contribution in [0.15, 0.2) is 24.3 Å². The second-order valence-corrected chi connectivity index (χ2v) is 4.83. The van der Waals surface area contributed by atoms with E-state index in [4.69, 9.17) is 11.6 Å². The maximum Gasteiger partial charge on any atom is 0.231 e. The van der Waals surface area contributed by atoms with Crippen molar-refractivity contribution >= 4 is 35.6 Å². The van der Waals surface area contributed by atoms with Crippen LogP contribution in [0.3, 0.4) is 0 Å². The van der Waals surface area contributed by atoms with Crippen LogP contribution in [0.2, 0.25) is 5.02 Å². The molecule has 1 aromatic carbocycles. The number of carbonyl (C=O) groups is 1. The van der Waals surface area contributed by atoms with Gasteiger partial charge in [-0.15, -0.1) is 12.4 Å². The van der Waals surface area contributed by atoms with E-state index < -0.39 is 0 Å². The molecule has 1 aliphatic heterocycles. The van der Waals surface area contributed by atoms with Crippen LogP contribution in [0.5, 0.6) is 0 Å². The number of hydrogen-bond donors (Lipinski definition) is 2. The molecule has 0 saturated carbocycles. The number of rotatable bonds is 2. The predicted molar refractivity (Wildman–Crippen MR) is 72.9 cm³/mol. The Bertz CT molecular complexity index is 403. The fourth-order valence-corrected chi connectivity index (χ4v) is 2.03. The minimum atomic E-state index is -0.320. The van der Waals surface area contributed by atoms with E-state index in [-0.39, 0.29) is 23.7 Å². The molecule has 2 rings (SSSR count). The summed E-state index contributed by atoms with van der Waals surface area (Å²) in [5.41, 5.74) is 0.362. The minimum absolute atomic E-state index is 0. The smallest absolute Gasteiger partial charge is 0.231 e. The van der Waals surface area contributed by atoms with E-state index in [0.29, 0.717) is 10.7 Å². The van der Waals surface area contributed by atoms with E-state index in [2.05, 4.69) is 10.6 Å². The molecule has 1 unspecified atom stereocenters. The topological polar surface area (TPSA) is 41.1 Å². The van der Waals surface area contributed by atoms with Crippen molar-refractivity contribution in [3.8, 4) is 0 Å². The molecule has 0 spiro atoms. The summed E-state index contributed by atoms with van der Waals surface area (Å²) in [6, 6.07) is 7.28. The largest absolute Gasteiger partial charge is 0.324 e. The SMILES string of the molecule is CC1(C(=O)Nc2ccccc2Cl)CCNC1.Cl. The molecule has 1 saturated heterocycles. The third kappa shape index (κ3) is 3.12. The average molecular weight is 275 g/mol. The Kier molecular flexibility index (Phi) is 4.80. The summed E-state index contributed by atoms with van der Waals surface area (Å²) >= 11 is 5.99. The quantitative estimate of drug-likeness (QED) is 0.871. The van der Waals surface area contributed by atoms with Crippen LogP contribution in [-0.2, 0) is 4.79 Å². The minimum Gasteiger partial charge on any atom is -0.324 e. The molecule has 1 heterocycles. The van der Waals surface area contributed by atoms with E-state index >= 15 is 0 Å². The number of halogens is 2. The molecular weight excluding hydrogens is 259 g/mol. The lowest BCUT2D eigenvalue weighted by Gasteiger charge is -2.21. The monoisotopic (exact) mass is 274 g/mol. The zero-order chi connectivity index (χ0) is 11.6. The second kappa shape index (κ2) is 5.71. The first-order chi connectivity index (χ1) is 7.62. The van der Waals surface area contributed by atoms with Gasteiger partial charge in [-0.3, -0.25) is 4.79 Å². The highest BCUT2D eigenvalue weighted by Crippen LogP contribution is 2.28. The molecule has 94 valence electrons. The van der Waals surface area contributed by atoms with Crippen molar-refractivity contribution in [2.45, 2.75) is 13.3 Å². The first kappa shape index (κ1) is 14.3. The summed E-state index contributed by atoms with van der Waals surface area (Å²) in [5.74, 6) is 0.0330. The Morgan fingerprint density at radius 1 is 1.47 bits per heavy atom. The number of anilines is 1. The van der Waals surface area contributed by atoms with Gasteiger partial charge in [0, 0.05) is 6.54 Å². The van der Waals surface area contributed by atoms with Crippen LogP contribution in [0, 0.1) is 5.41 Å². The third-order valence-corrected chi connectivity index (χ3v) is 3.37. The Balaban J connectivity index is 0.00000144. The van der Waals surface area contributed by atoms with Crippen molar-refractivity contribution in [2.75, 3.05) is 18.4 Å². The molecule has 1 aromatic rings. The van der Waals surface area contributed by atoms with Gasteiger partial charge in [0.25, 0.3) is 0 Å². The molecule has 0 aromatic heterocycles. The lowest BCUT2D eigenvalue weighted by Crippen LogP contribution is -2.35. The molecule has 5 heteroatoms. The van der Waals surface area contributed by atoms with Crippen molar-refractivity contribution in [2.24, 2.45) is 5.41 Å². The molecule has 0 bridgehead atoms. The molecule has 2 N–H and O–H groups in total. The van der Waals surface area contributed by atoms with Crippen molar-refractivity contribution < 1.29 is 4.79 Å². The highest BCUT2D eigenvalue weighted by Gasteiger charge is 2.36. The Labute approximate surface area is 112 Å². The Morgan fingerprint density at radius 3 is 2.76 bits per heavy atom. The molecule has 1 amide bonds. The Morgan fingerprint density at radius 2 is 2.18 bits per heavy atom. The summed E-state index contributed by atoms with van der Waals surface area (Å²) < 4.78 is 0. The van der Waals surface area contributed by atoms with E-state index in [9.17, 15) is 4.79 Å². The number of hydrogen-bond acceptors (Lipinski definition) is 2. The van der Waals surface area contributed by atoms with Gasteiger partial charge in [-0.1, -0.05) is 23.7 Å². The number of nitrogens with one attached hydrogen (secondary N) is 2. The van der Waals surface area contributed by atoms with Crippen molar-refractivity contribution in [3.63, 3.8) is 0 Å². The fourth-order valence-electron chi connectivity index (χ4n) is 1.85. The van der Waals surface area contributed by atoms with Crippen LogP contribution in [0.25, 0.3) is 0 Å². The van der Waals surface area contributed by atoms with Crippen LogP contribution in [-0.4, -0.2) is 19.0 Å². The van der Waals surface area contributed by atoms with Crippen LogP contribution in [0.4, 0.5) is 5.69 Å². The van der Waals surface area contributed by atoms with Crippen LogP contribution < -0.4 is 10.6 Å². The summed E-state index contributed by atoms with van der Waals surface area (Å²) in [7, 11) is 0. The van der Waals surface area contributed by atoms with Gasteiger partial charge >= 0.3 is 0 Å². The molecule has 1 fully saturated rings. The number of benzene rings is 1. The predicted octanol–water partition coefficient (Wildman–Crippen LogP) is 2.70. The van der Waals surface area contributed by atoms with E-state index in [1.165, 1.54) is 0 Å². The van der Waals surface area contributed by atoms with Crippen molar-refractivity contribution in [1.29, 1.82) is 0 Å². The zero-order valence-electron chi connectivity index (χ0n) is 9.63. The van der Waals surface area contributed by atoms with Gasteiger partial charge in [-0.2, -0.15) is 0 Å². The highest BCUT2D eigenvalue weighted by molar-refractivity contribution is 6.33. The van der Waals surface area contributed by atoms with Gasteiger partial charge in [-0.05, 0) is 32.0 Å². The van der Waals surface area contributed by atoms with Gasteiger partial charge < -0.3 is 10.6 Å². The lowest BCUT2D eigenvalue weighted by atomic mass is 9.89. The molecule has 0 radical (unpaired) electrons. The van der Waals surface area contributed by atoms with Gasteiger partial charge in [0.05, 0.1) is 16.1 Å². The van der Waals surface area contributed by atoms with E-state index in [1.54, 1.807) is 6.07 Å². The zero-order valence-corrected chi connectivity index (χ0v) is 11.2. The van der Waals surface area contributed by atoms with E-state index in [0.717, 1.165) is 19.5 Å². The molecular formula is C12H16Cl2N2O. The first-order valence-corrected chi connectivity index (χ1v) is 5.76. The normalized spacial score (nSPS) is 22.9. The molecule has 0 aliphatic carbocycles.